The van der Waals surface area contributed by atoms with Crippen LogP contribution in [0.2, 0.25) is 0 Å². The van der Waals surface area contributed by atoms with Crippen molar-refractivity contribution >= 4 is 11.5 Å². The highest BCUT2D eigenvalue weighted by molar-refractivity contribution is 5.89. The molecule has 5 nitrogen and oxygen atoms in total. The molecule has 0 radical (unpaired) electrons. The third-order valence-electron chi connectivity index (χ3n) is 7.67. The van der Waals surface area contributed by atoms with Crippen LogP contribution >= 0.6 is 0 Å². The van der Waals surface area contributed by atoms with E-state index in [1.165, 1.54) is 0 Å². The fraction of sp³-hybridized carbons (Fsp3) is 0.294. The van der Waals surface area contributed by atoms with E-state index in [4.69, 9.17) is 9.15 Å². The molecular formula is C34H35NO4. The largest absolute Gasteiger partial charge is 0.469 e. The van der Waals surface area contributed by atoms with Crippen molar-refractivity contribution < 1.29 is 13.9 Å². The van der Waals surface area contributed by atoms with E-state index in [0.717, 1.165) is 39.3 Å². The van der Waals surface area contributed by atoms with Gasteiger partial charge in [-0.3, -0.25) is 9.59 Å². The van der Waals surface area contributed by atoms with E-state index in [9.17, 15) is 9.59 Å². The van der Waals surface area contributed by atoms with Crippen molar-refractivity contribution in [2.75, 3.05) is 6.61 Å². The second kappa shape index (κ2) is 11.3. The summed E-state index contributed by atoms with van der Waals surface area (Å²) in [4.78, 5) is 30.7. The molecule has 5 rings (SSSR count). The van der Waals surface area contributed by atoms with Crippen LogP contribution in [0.5, 0.6) is 0 Å². The Morgan fingerprint density at radius 1 is 0.974 bits per heavy atom. The quantitative estimate of drug-likeness (QED) is 0.253. The fourth-order valence-corrected chi connectivity index (χ4v) is 5.76. The van der Waals surface area contributed by atoms with Crippen LogP contribution in [-0.4, -0.2) is 17.6 Å². The zero-order valence-corrected chi connectivity index (χ0v) is 22.8. The van der Waals surface area contributed by atoms with Gasteiger partial charge in [0.25, 0.3) is 5.56 Å². The highest BCUT2D eigenvalue weighted by Crippen LogP contribution is 2.51. The third kappa shape index (κ3) is 5.26. The van der Waals surface area contributed by atoms with Crippen molar-refractivity contribution in [2.45, 2.75) is 39.5 Å². The summed E-state index contributed by atoms with van der Waals surface area (Å²) in [6.45, 7) is 10.9. The van der Waals surface area contributed by atoms with E-state index in [-0.39, 0.29) is 29.3 Å². The Bertz CT molecular complexity index is 1500. The number of aryl methyl sites for hydroxylation is 2. The van der Waals surface area contributed by atoms with E-state index < -0.39 is 5.92 Å². The standard InChI is InChI=1S/C34H35NO4/c1-21(2)20-39-34(37)29-23(4)22(3)28-31(25-14-9-6-10-15-25)33(36)35-27(18-17-26-16-11-19-38-26)32(28)30(29)24-12-7-5-8-13-24/h5-16,19,21,23,29-30H,3,17-18,20H2,1-2,4H3,(H,35,36). The van der Waals surface area contributed by atoms with Crippen LogP contribution < -0.4 is 5.56 Å². The Kier molecular flexibility index (Phi) is 7.69. The van der Waals surface area contributed by atoms with Gasteiger partial charge in [0.05, 0.1) is 24.4 Å². The zero-order chi connectivity index (χ0) is 27.5. The molecule has 5 heteroatoms. The number of benzene rings is 2. The zero-order valence-electron chi connectivity index (χ0n) is 22.8. The van der Waals surface area contributed by atoms with Crippen molar-refractivity contribution in [1.82, 2.24) is 4.98 Å². The maximum Gasteiger partial charge on any atom is 0.310 e. The van der Waals surface area contributed by atoms with Gasteiger partial charge in [0.1, 0.15) is 5.76 Å². The number of esters is 1. The lowest BCUT2D eigenvalue weighted by molar-refractivity contribution is -0.151. The Hall–Kier alpha value is -4.12. The molecule has 0 amide bonds. The smallest absolute Gasteiger partial charge is 0.310 e. The second-order valence-electron chi connectivity index (χ2n) is 10.8. The molecule has 0 aliphatic heterocycles. The normalized spacial score (nSPS) is 18.7. The number of allylic oxidation sites excluding steroid dienone is 1. The lowest BCUT2D eigenvalue weighted by Gasteiger charge is -2.40. The molecule has 0 spiro atoms. The predicted octanol–water partition coefficient (Wildman–Crippen LogP) is 7.03. The molecule has 3 atom stereocenters. The average molecular weight is 522 g/mol. The molecule has 1 aliphatic carbocycles. The van der Waals surface area contributed by atoms with Crippen LogP contribution in [0.3, 0.4) is 0 Å². The number of rotatable bonds is 8. The summed E-state index contributed by atoms with van der Waals surface area (Å²) in [5.41, 5.74) is 5.65. The minimum Gasteiger partial charge on any atom is -0.469 e. The van der Waals surface area contributed by atoms with Crippen molar-refractivity contribution in [3.63, 3.8) is 0 Å². The third-order valence-corrected chi connectivity index (χ3v) is 7.67. The van der Waals surface area contributed by atoms with Gasteiger partial charge in [-0.1, -0.05) is 88.0 Å². The topological polar surface area (TPSA) is 72.3 Å². The van der Waals surface area contributed by atoms with Gasteiger partial charge in [-0.15, -0.1) is 0 Å². The number of ether oxygens (including phenoxy) is 1. The number of aromatic amines is 1. The highest BCUT2D eigenvalue weighted by Gasteiger charge is 2.45. The first-order valence-electron chi connectivity index (χ1n) is 13.6. The first kappa shape index (κ1) is 26.5. The van der Waals surface area contributed by atoms with Crippen molar-refractivity contribution in [2.24, 2.45) is 17.8 Å². The number of carbonyl (C=O) groups is 1. The van der Waals surface area contributed by atoms with Crippen molar-refractivity contribution in [3.05, 3.63) is 124 Å². The molecule has 0 fully saturated rings. The molecule has 39 heavy (non-hydrogen) atoms. The van der Waals surface area contributed by atoms with E-state index in [2.05, 4.69) is 23.7 Å². The molecule has 2 aromatic carbocycles. The molecule has 2 heterocycles. The molecule has 0 saturated carbocycles. The van der Waals surface area contributed by atoms with E-state index >= 15 is 0 Å². The monoisotopic (exact) mass is 521 g/mol. The summed E-state index contributed by atoms with van der Waals surface area (Å²) >= 11 is 0. The molecule has 1 aliphatic rings. The molecule has 3 unspecified atom stereocenters. The average Bonchev–Trinajstić information content (AvgIpc) is 3.47. The van der Waals surface area contributed by atoms with E-state index in [0.29, 0.717) is 25.0 Å². The van der Waals surface area contributed by atoms with Crippen LogP contribution in [0, 0.1) is 17.8 Å². The Morgan fingerprint density at radius 2 is 1.67 bits per heavy atom. The number of carbonyl (C=O) groups excluding carboxylic acids is 1. The SMILES string of the molecule is C=C1c2c(c(CCc3ccco3)[nH]c(=O)c2-c2ccccc2)C(c2ccccc2)C(C(=O)OCC(C)C)C1C. The van der Waals surface area contributed by atoms with E-state index in [1.54, 1.807) is 6.26 Å². The lowest BCUT2D eigenvalue weighted by atomic mass is 9.63. The first-order valence-corrected chi connectivity index (χ1v) is 13.6. The molecule has 200 valence electrons. The number of hydrogen-bond acceptors (Lipinski definition) is 4. The van der Waals surface area contributed by atoms with Crippen LogP contribution in [0.25, 0.3) is 16.7 Å². The maximum atomic E-state index is 13.8. The molecule has 1 N–H and O–H groups in total. The fourth-order valence-electron chi connectivity index (χ4n) is 5.76. The van der Waals surface area contributed by atoms with Crippen LogP contribution in [0.4, 0.5) is 0 Å². The molecular weight excluding hydrogens is 486 g/mol. The van der Waals surface area contributed by atoms with Crippen molar-refractivity contribution in [1.29, 1.82) is 0 Å². The number of hydrogen-bond donors (Lipinski definition) is 1. The number of fused-ring (bicyclic) bond motifs is 1. The highest BCUT2D eigenvalue weighted by atomic mass is 16.5. The van der Waals surface area contributed by atoms with Gasteiger partial charge in [-0.2, -0.15) is 0 Å². The Labute approximate surface area is 229 Å². The summed E-state index contributed by atoms with van der Waals surface area (Å²) in [6.07, 6.45) is 2.83. The predicted molar refractivity (Wildman–Crippen MR) is 154 cm³/mol. The van der Waals surface area contributed by atoms with Gasteiger partial charge in [0, 0.05) is 18.0 Å². The number of furan rings is 1. The summed E-state index contributed by atoms with van der Waals surface area (Å²) in [7, 11) is 0. The number of pyridine rings is 1. The van der Waals surface area contributed by atoms with Gasteiger partial charge < -0.3 is 14.1 Å². The van der Waals surface area contributed by atoms with Crippen LogP contribution in [-0.2, 0) is 22.4 Å². The van der Waals surface area contributed by atoms with E-state index in [1.807, 2.05) is 81.4 Å². The molecule has 0 bridgehead atoms. The summed E-state index contributed by atoms with van der Waals surface area (Å²) in [5.74, 6) is -0.200. The molecule has 4 aromatic rings. The lowest BCUT2D eigenvalue weighted by Crippen LogP contribution is -2.38. The molecule has 2 aromatic heterocycles. The van der Waals surface area contributed by atoms with Gasteiger partial charge >= 0.3 is 5.97 Å². The number of nitrogens with one attached hydrogen (secondary N) is 1. The van der Waals surface area contributed by atoms with Gasteiger partial charge in [0.15, 0.2) is 0 Å². The van der Waals surface area contributed by atoms with Crippen molar-refractivity contribution in [3.8, 4) is 11.1 Å². The second-order valence-corrected chi connectivity index (χ2v) is 10.8. The Balaban J connectivity index is 1.77. The summed E-state index contributed by atoms with van der Waals surface area (Å²) in [6, 6.07) is 23.6. The van der Waals surface area contributed by atoms with Gasteiger partial charge in [0.2, 0.25) is 0 Å². The Morgan fingerprint density at radius 3 is 2.31 bits per heavy atom. The summed E-state index contributed by atoms with van der Waals surface area (Å²) < 4.78 is 11.5. The van der Waals surface area contributed by atoms with Gasteiger partial charge in [-0.05, 0) is 58.2 Å². The number of H-pyrrole nitrogens is 1. The first-order chi connectivity index (χ1) is 18.9. The van der Waals surface area contributed by atoms with Crippen LogP contribution in [0.15, 0.2) is 94.9 Å². The molecule has 0 saturated heterocycles. The maximum absolute atomic E-state index is 13.8. The van der Waals surface area contributed by atoms with Gasteiger partial charge in [-0.25, -0.2) is 0 Å². The minimum absolute atomic E-state index is 0.157. The summed E-state index contributed by atoms with van der Waals surface area (Å²) in [5, 5.41) is 0. The number of aromatic nitrogens is 1. The minimum atomic E-state index is -0.483. The van der Waals surface area contributed by atoms with Crippen LogP contribution in [0.1, 0.15) is 54.8 Å².